The highest BCUT2D eigenvalue weighted by Gasteiger charge is 2.83. The monoisotopic (exact) mass is 434 g/mol. The van der Waals surface area contributed by atoms with E-state index in [1.165, 1.54) is 12.1 Å². The van der Waals surface area contributed by atoms with E-state index in [4.69, 9.17) is 0 Å². The maximum Gasteiger partial charge on any atom is 0.460 e. The van der Waals surface area contributed by atoms with E-state index < -0.39 is 42.1 Å². The summed E-state index contributed by atoms with van der Waals surface area (Å²) in [6, 6.07) is 4.34. The maximum atomic E-state index is 14.3. The fraction of sp³-hybridized carbons (Fsp3) is 0.632. The van der Waals surface area contributed by atoms with E-state index in [-0.39, 0.29) is 17.5 Å². The molecule has 2 rings (SSSR count). The topological polar surface area (TPSA) is 17.1 Å². The normalized spacial score (nSPS) is 18.7. The van der Waals surface area contributed by atoms with Crippen LogP contribution >= 0.6 is 0 Å². The number of unbranched alkanes of at least 4 members (excludes halogenated alkanes) is 2. The number of alkyl halides is 9. The first-order valence-corrected chi connectivity index (χ1v) is 9.04. The lowest BCUT2D eigenvalue weighted by atomic mass is 9.76. The van der Waals surface area contributed by atoms with Gasteiger partial charge in [-0.2, -0.15) is 39.5 Å². The zero-order chi connectivity index (χ0) is 22.3. The summed E-state index contributed by atoms with van der Waals surface area (Å²) in [4.78, 5) is 12.4. The molecule has 10 heteroatoms. The second-order valence-corrected chi connectivity index (χ2v) is 7.17. The van der Waals surface area contributed by atoms with Gasteiger partial charge in [0, 0.05) is 5.56 Å². The first-order chi connectivity index (χ1) is 13.2. The van der Waals surface area contributed by atoms with Crippen LogP contribution in [0.25, 0.3) is 0 Å². The van der Waals surface area contributed by atoms with Gasteiger partial charge in [-0.25, -0.2) is 0 Å². The third-order valence-corrected chi connectivity index (χ3v) is 5.13. The molecule has 0 N–H and O–H groups in total. The number of hydrogen-bond donors (Lipinski definition) is 0. The molecule has 1 aliphatic carbocycles. The number of carbonyl (C=O) groups is 1. The van der Waals surface area contributed by atoms with Crippen molar-refractivity contribution in [1.82, 2.24) is 0 Å². The Morgan fingerprint density at radius 1 is 0.931 bits per heavy atom. The Bertz CT molecular complexity index is 753. The molecule has 0 spiro atoms. The lowest BCUT2D eigenvalue weighted by Crippen LogP contribution is -2.64. The van der Waals surface area contributed by atoms with Crippen molar-refractivity contribution < 1.29 is 44.3 Å². The van der Waals surface area contributed by atoms with E-state index >= 15 is 0 Å². The summed E-state index contributed by atoms with van der Waals surface area (Å²) >= 11 is 0. The van der Waals surface area contributed by atoms with Gasteiger partial charge >= 0.3 is 23.9 Å². The first-order valence-electron chi connectivity index (χ1n) is 9.04. The molecule has 0 radical (unpaired) electrons. The number of fused-ring (bicyclic) bond motifs is 1. The molecule has 1 aromatic rings. The molecular formula is C19H19F9O. The molecule has 29 heavy (non-hydrogen) atoms. The predicted octanol–water partition coefficient (Wildman–Crippen LogP) is 6.63. The van der Waals surface area contributed by atoms with E-state index in [1.807, 2.05) is 6.92 Å². The summed E-state index contributed by atoms with van der Waals surface area (Å²) in [5.41, 5.74) is 0.509. The van der Waals surface area contributed by atoms with Crippen molar-refractivity contribution in [2.75, 3.05) is 0 Å². The van der Waals surface area contributed by atoms with Crippen LogP contribution < -0.4 is 0 Å². The Morgan fingerprint density at radius 3 is 2.10 bits per heavy atom. The summed E-state index contributed by atoms with van der Waals surface area (Å²) in [5, 5.41) is 0. The summed E-state index contributed by atoms with van der Waals surface area (Å²) in [5.74, 6) is -24.2. The van der Waals surface area contributed by atoms with Crippen molar-refractivity contribution in [3.8, 4) is 0 Å². The van der Waals surface area contributed by atoms with Crippen molar-refractivity contribution in [2.45, 2.75) is 69.4 Å². The third-order valence-electron chi connectivity index (χ3n) is 5.13. The number of rotatable bonds is 7. The second kappa shape index (κ2) is 7.83. The summed E-state index contributed by atoms with van der Waals surface area (Å²) in [7, 11) is 0. The number of aryl methyl sites for hydroxylation is 2. The van der Waals surface area contributed by atoms with Gasteiger partial charge in [-0.15, -0.1) is 0 Å². The molecule has 0 heterocycles. The van der Waals surface area contributed by atoms with E-state index in [0.717, 1.165) is 19.3 Å². The van der Waals surface area contributed by atoms with Crippen LogP contribution in [-0.2, 0) is 12.8 Å². The number of hydrogen-bond acceptors (Lipinski definition) is 1. The number of halogens is 9. The van der Waals surface area contributed by atoms with E-state index in [1.54, 1.807) is 6.07 Å². The molecule has 1 aromatic carbocycles. The predicted molar refractivity (Wildman–Crippen MR) is 86.7 cm³/mol. The second-order valence-electron chi connectivity index (χ2n) is 7.17. The SMILES string of the molecule is CCCCCc1ccc2c(c1)C(=O)C(C(F)(F)C(F)(F)C(F)(F)C(F)(F)F)CC2. The average Bonchev–Trinajstić information content (AvgIpc) is 2.61. The molecule has 0 aliphatic heterocycles. The van der Waals surface area contributed by atoms with Crippen LogP contribution in [0.15, 0.2) is 18.2 Å². The molecule has 0 fully saturated rings. The molecule has 1 atom stereocenters. The standard InChI is InChI=1S/C19H19F9O/c1-2-3-4-5-11-6-7-12-8-9-14(15(29)13(12)10-11)16(20,21)17(22,23)18(24,25)19(26,27)28/h6-7,10,14H,2-5,8-9H2,1H3. The van der Waals surface area contributed by atoms with Gasteiger partial charge in [0.05, 0.1) is 5.92 Å². The zero-order valence-electron chi connectivity index (χ0n) is 15.4. The fourth-order valence-corrected chi connectivity index (χ4v) is 3.38. The van der Waals surface area contributed by atoms with Crippen molar-refractivity contribution in [2.24, 2.45) is 5.92 Å². The van der Waals surface area contributed by atoms with Gasteiger partial charge in [-0.3, -0.25) is 4.79 Å². The van der Waals surface area contributed by atoms with Gasteiger partial charge in [0.25, 0.3) is 0 Å². The van der Waals surface area contributed by atoms with Crippen molar-refractivity contribution in [1.29, 1.82) is 0 Å². The molecule has 0 bridgehead atoms. The number of Topliss-reactive ketones (excluding diaryl/α,β-unsaturated/α-hetero) is 1. The molecule has 0 saturated carbocycles. The van der Waals surface area contributed by atoms with Gasteiger partial charge in [0.2, 0.25) is 0 Å². The molecule has 164 valence electrons. The van der Waals surface area contributed by atoms with Crippen LogP contribution in [0.4, 0.5) is 39.5 Å². The Hall–Kier alpha value is -1.74. The Morgan fingerprint density at radius 2 is 1.55 bits per heavy atom. The van der Waals surface area contributed by atoms with Gasteiger partial charge < -0.3 is 0 Å². The van der Waals surface area contributed by atoms with Crippen LogP contribution in [-0.4, -0.2) is 29.7 Å². The molecule has 0 aromatic heterocycles. The molecule has 1 unspecified atom stereocenters. The first kappa shape index (κ1) is 23.5. The minimum Gasteiger partial charge on any atom is -0.294 e. The van der Waals surface area contributed by atoms with E-state index in [2.05, 4.69) is 0 Å². The van der Waals surface area contributed by atoms with Crippen molar-refractivity contribution >= 4 is 5.78 Å². The maximum absolute atomic E-state index is 14.3. The molecule has 1 nitrogen and oxygen atoms in total. The van der Waals surface area contributed by atoms with Gasteiger partial charge in [0.1, 0.15) is 0 Å². The minimum absolute atomic E-state index is 0.271. The summed E-state index contributed by atoms with van der Waals surface area (Å²) in [6.07, 6.45) is -5.23. The number of benzene rings is 1. The van der Waals surface area contributed by atoms with Crippen LogP contribution in [0.5, 0.6) is 0 Å². The van der Waals surface area contributed by atoms with Gasteiger partial charge in [-0.05, 0) is 42.9 Å². The lowest BCUT2D eigenvalue weighted by Gasteiger charge is -2.38. The summed E-state index contributed by atoms with van der Waals surface area (Å²) in [6.45, 7) is 1.94. The van der Waals surface area contributed by atoms with Crippen LogP contribution in [0.3, 0.4) is 0 Å². The summed E-state index contributed by atoms with van der Waals surface area (Å²) < 4.78 is 119. The Balaban J connectivity index is 2.37. The van der Waals surface area contributed by atoms with Crippen LogP contribution in [0.1, 0.15) is 54.1 Å². The highest BCUT2D eigenvalue weighted by Crippen LogP contribution is 2.56. The van der Waals surface area contributed by atoms with Gasteiger partial charge in [0.15, 0.2) is 5.78 Å². The highest BCUT2D eigenvalue weighted by molar-refractivity contribution is 6.01. The van der Waals surface area contributed by atoms with E-state index in [0.29, 0.717) is 12.0 Å². The van der Waals surface area contributed by atoms with Crippen molar-refractivity contribution in [3.63, 3.8) is 0 Å². The Labute approximate surface area is 161 Å². The zero-order valence-corrected chi connectivity index (χ0v) is 15.4. The highest BCUT2D eigenvalue weighted by atomic mass is 19.4. The average molecular weight is 434 g/mol. The smallest absolute Gasteiger partial charge is 0.294 e. The third kappa shape index (κ3) is 3.99. The number of carbonyl (C=O) groups excluding carboxylic acids is 1. The molecule has 0 amide bonds. The molecular weight excluding hydrogens is 415 g/mol. The Kier molecular flexibility index (Phi) is 6.36. The molecule has 0 saturated heterocycles. The molecule has 1 aliphatic rings. The van der Waals surface area contributed by atoms with Gasteiger partial charge in [-0.1, -0.05) is 31.9 Å². The van der Waals surface area contributed by atoms with E-state index in [9.17, 15) is 44.3 Å². The van der Waals surface area contributed by atoms with Crippen molar-refractivity contribution in [3.05, 3.63) is 34.9 Å². The largest absolute Gasteiger partial charge is 0.460 e. The fourth-order valence-electron chi connectivity index (χ4n) is 3.38. The number of ketones is 1. The van der Waals surface area contributed by atoms with Crippen LogP contribution in [0.2, 0.25) is 0 Å². The minimum atomic E-state index is -6.99. The quantitative estimate of drug-likeness (QED) is 0.348. The lowest BCUT2D eigenvalue weighted by molar-refractivity contribution is -0.400. The van der Waals surface area contributed by atoms with Crippen LogP contribution in [0, 0.1) is 5.92 Å².